The number of benzene rings is 2. The highest BCUT2D eigenvalue weighted by molar-refractivity contribution is 6.05. The van der Waals surface area contributed by atoms with Crippen molar-refractivity contribution in [2.75, 3.05) is 23.9 Å². The van der Waals surface area contributed by atoms with Crippen molar-refractivity contribution < 1.29 is 27.8 Å². The first-order valence-corrected chi connectivity index (χ1v) is 8.24. The topological polar surface area (TPSA) is 67.9 Å². The number of alkyl halides is 2. The number of nitrogens with zero attached hydrogens (tertiary/aromatic N) is 1. The number of amides is 2. The van der Waals surface area contributed by atoms with Gasteiger partial charge in [0.05, 0.1) is 7.11 Å². The first-order valence-electron chi connectivity index (χ1n) is 8.24. The lowest BCUT2D eigenvalue weighted by molar-refractivity contribution is -0.116. The van der Waals surface area contributed by atoms with E-state index in [2.05, 4.69) is 10.1 Å². The average Bonchev–Trinajstić information content (AvgIpc) is 3.05. The second-order valence-corrected chi connectivity index (χ2v) is 5.96. The third kappa shape index (κ3) is 3.99. The second-order valence-electron chi connectivity index (χ2n) is 5.96. The van der Waals surface area contributed by atoms with Gasteiger partial charge in [-0.2, -0.15) is 8.78 Å². The molecule has 2 aromatic carbocycles. The largest absolute Gasteiger partial charge is 0.493 e. The van der Waals surface area contributed by atoms with Gasteiger partial charge < -0.3 is 19.7 Å². The van der Waals surface area contributed by atoms with E-state index in [0.717, 1.165) is 11.3 Å². The Bertz CT molecular complexity index is 886. The minimum Gasteiger partial charge on any atom is -0.493 e. The van der Waals surface area contributed by atoms with Crippen LogP contribution in [0.3, 0.4) is 0 Å². The number of fused-ring (bicyclic) bond motifs is 1. The summed E-state index contributed by atoms with van der Waals surface area (Å²) in [4.78, 5) is 25.8. The van der Waals surface area contributed by atoms with E-state index in [-0.39, 0.29) is 23.0 Å². The van der Waals surface area contributed by atoms with Gasteiger partial charge in [0.1, 0.15) is 0 Å². The molecule has 2 amide bonds. The summed E-state index contributed by atoms with van der Waals surface area (Å²) >= 11 is 0. The molecule has 1 aliphatic heterocycles. The van der Waals surface area contributed by atoms with Crippen molar-refractivity contribution in [2.24, 2.45) is 0 Å². The van der Waals surface area contributed by atoms with E-state index in [1.54, 1.807) is 17.0 Å². The molecule has 0 radical (unpaired) electrons. The third-order valence-corrected chi connectivity index (χ3v) is 4.25. The van der Waals surface area contributed by atoms with Crippen LogP contribution in [0.15, 0.2) is 36.4 Å². The molecule has 0 saturated carbocycles. The highest BCUT2D eigenvalue weighted by Crippen LogP contribution is 2.32. The van der Waals surface area contributed by atoms with Gasteiger partial charge in [0, 0.05) is 30.4 Å². The lowest BCUT2D eigenvalue weighted by atomic mass is 10.1. The Morgan fingerprint density at radius 2 is 1.93 bits per heavy atom. The Labute approximate surface area is 154 Å². The molecule has 142 valence electrons. The van der Waals surface area contributed by atoms with Crippen LogP contribution in [-0.4, -0.2) is 32.1 Å². The van der Waals surface area contributed by atoms with Gasteiger partial charge in [0.2, 0.25) is 5.91 Å². The molecule has 1 aliphatic rings. The van der Waals surface area contributed by atoms with E-state index in [1.165, 1.54) is 32.2 Å². The fourth-order valence-electron chi connectivity index (χ4n) is 3.01. The van der Waals surface area contributed by atoms with Crippen LogP contribution in [0.2, 0.25) is 0 Å². The zero-order valence-corrected chi connectivity index (χ0v) is 14.8. The van der Waals surface area contributed by atoms with Crippen LogP contribution in [0.4, 0.5) is 20.2 Å². The van der Waals surface area contributed by atoms with Gasteiger partial charge in [-0.25, -0.2) is 0 Å². The molecule has 0 fully saturated rings. The SMILES string of the molecule is COc1cc(C(=O)Nc2ccc3c(c2)CCN3C(C)=O)ccc1OC(F)F. The zero-order chi connectivity index (χ0) is 19.6. The van der Waals surface area contributed by atoms with E-state index in [1.807, 2.05) is 6.07 Å². The van der Waals surface area contributed by atoms with Crippen molar-refractivity contribution in [2.45, 2.75) is 20.0 Å². The maximum atomic E-state index is 12.5. The maximum absolute atomic E-state index is 12.5. The average molecular weight is 376 g/mol. The van der Waals surface area contributed by atoms with Crippen molar-refractivity contribution in [3.8, 4) is 11.5 Å². The predicted octanol–water partition coefficient (Wildman–Crippen LogP) is 3.46. The number of carbonyl (C=O) groups is 2. The Balaban J connectivity index is 1.77. The Morgan fingerprint density at radius 3 is 2.59 bits per heavy atom. The van der Waals surface area contributed by atoms with Gasteiger partial charge >= 0.3 is 6.61 Å². The molecule has 0 unspecified atom stereocenters. The van der Waals surface area contributed by atoms with Gasteiger partial charge in [0.25, 0.3) is 5.91 Å². The molecule has 0 aliphatic carbocycles. The number of ether oxygens (including phenoxy) is 2. The Morgan fingerprint density at radius 1 is 1.15 bits per heavy atom. The van der Waals surface area contributed by atoms with E-state index < -0.39 is 12.5 Å². The second kappa shape index (κ2) is 7.61. The fourth-order valence-corrected chi connectivity index (χ4v) is 3.01. The number of hydrogen-bond acceptors (Lipinski definition) is 4. The molecule has 0 atom stereocenters. The molecule has 6 nitrogen and oxygen atoms in total. The Kier molecular flexibility index (Phi) is 5.25. The summed E-state index contributed by atoms with van der Waals surface area (Å²) in [6.45, 7) is -0.857. The van der Waals surface area contributed by atoms with E-state index in [9.17, 15) is 18.4 Å². The molecule has 0 bridgehead atoms. The third-order valence-electron chi connectivity index (χ3n) is 4.25. The van der Waals surface area contributed by atoms with Gasteiger partial charge in [-0.1, -0.05) is 0 Å². The van der Waals surface area contributed by atoms with Crippen LogP contribution in [0.25, 0.3) is 0 Å². The number of hydrogen-bond donors (Lipinski definition) is 1. The van der Waals surface area contributed by atoms with Crippen molar-refractivity contribution in [1.82, 2.24) is 0 Å². The smallest absolute Gasteiger partial charge is 0.387 e. The predicted molar refractivity (Wildman–Crippen MR) is 95.8 cm³/mol. The number of anilines is 2. The molecule has 27 heavy (non-hydrogen) atoms. The van der Waals surface area contributed by atoms with Crippen LogP contribution in [-0.2, 0) is 11.2 Å². The maximum Gasteiger partial charge on any atom is 0.387 e. The lowest BCUT2D eigenvalue weighted by Crippen LogP contribution is -2.25. The fraction of sp³-hybridized carbons (Fsp3) is 0.263. The van der Waals surface area contributed by atoms with Crippen LogP contribution in [0.5, 0.6) is 11.5 Å². The van der Waals surface area contributed by atoms with Gasteiger partial charge in [-0.15, -0.1) is 0 Å². The lowest BCUT2D eigenvalue weighted by Gasteiger charge is -2.15. The molecule has 0 aromatic heterocycles. The van der Waals surface area contributed by atoms with Crippen molar-refractivity contribution in [3.63, 3.8) is 0 Å². The Hall–Kier alpha value is -3.16. The summed E-state index contributed by atoms with van der Waals surface area (Å²) in [6, 6.07) is 9.29. The summed E-state index contributed by atoms with van der Waals surface area (Å²) in [7, 11) is 1.30. The highest BCUT2D eigenvalue weighted by atomic mass is 19.3. The van der Waals surface area contributed by atoms with Gasteiger partial charge in [-0.05, 0) is 48.4 Å². The van der Waals surface area contributed by atoms with Crippen LogP contribution >= 0.6 is 0 Å². The van der Waals surface area contributed by atoms with Gasteiger partial charge in [-0.3, -0.25) is 9.59 Å². The standard InChI is InChI=1S/C19H18F2N2O4/c1-11(24)23-8-7-12-9-14(4-5-15(12)23)22-18(25)13-3-6-16(27-19(20)21)17(10-13)26-2/h3-6,9-10,19H,7-8H2,1-2H3,(H,22,25). The molecule has 2 aromatic rings. The molecule has 0 spiro atoms. The number of nitrogens with one attached hydrogen (secondary N) is 1. The van der Waals surface area contributed by atoms with Crippen molar-refractivity contribution >= 4 is 23.2 Å². The first kappa shape index (κ1) is 18.6. The minimum absolute atomic E-state index is 0.0243. The van der Waals surface area contributed by atoms with E-state index in [4.69, 9.17) is 4.74 Å². The highest BCUT2D eigenvalue weighted by Gasteiger charge is 2.22. The van der Waals surface area contributed by atoms with E-state index in [0.29, 0.717) is 18.7 Å². The first-order chi connectivity index (χ1) is 12.9. The van der Waals surface area contributed by atoms with Crippen LogP contribution in [0, 0.1) is 0 Å². The number of carbonyl (C=O) groups excluding carboxylic acids is 2. The van der Waals surface area contributed by atoms with E-state index >= 15 is 0 Å². The molecular formula is C19H18F2N2O4. The molecule has 8 heteroatoms. The molecule has 3 rings (SSSR count). The normalized spacial score (nSPS) is 12.7. The summed E-state index contributed by atoms with van der Waals surface area (Å²) in [5.41, 5.74) is 2.63. The monoisotopic (exact) mass is 376 g/mol. The summed E-state index contributed by atoms with van der Waals surface area (Å²) in [6.07, 6.45) is 0.714. The summed E-state index contributed by atoms with van der Waals surface area (Å²) in [5.74, 6) is -0.554. The summed E-state index contributed by atoms with van der Waals surface area (Å²) < 4.78 is 34.1. The van der Waals surface area contributed by atoms with Crippen LogP contribution < -0.4 is 19.7 Å². The number of halogens is 2. The van der Waals surface area contributed by atoms with Crippen molar-refractivity contribution in [1.29, 1.82) is 0 Å². The molecule has 0 saturated heterocycles. The quantitative estimate of drug-likeness (QED) is 0.868. The van der Waals surface area contributed by atoms with Gasteiger partial charge in [0.15, 0.2) is 11.5 Å². The molecular weight excluding hydrogens is 358 g/mol. The molecule has 1 heterocycles. The molecule has 1 N–H and O–H groups in total. The number of rotatable bonds is 5. The summed E-state index contributed by atoms with van der Waals surface area (Å²) in [5, 5.41) is 2.76. The van der Waals surface area contributed by atoms with Crippen LogP contribution in [0.1, 0.15) is 22.8 Å². The van der Waals surface area contributed by atoms with Crippen molar-refractivity contribution in [3.05, 3.63) is 47.5 Å². The zero-order valence-electron chi connectivity index (χ0n) is 14.8. The number of methoxy groups -OCH3 is 1. The minimum atomic E-state index is -2.99.